The topological polar surface area (TPSA) is 60.7 Å². The smallest absolute Gasteiger partial charge is 0.164 e. The maximum absolute atomic E-state index is 10.6. The van der Waals surface area contributed by atoms with Crippen LogP contribution in [0.1, 0.15) is 116 Å². The molecule has 1 aliphatic rings. The van der Waals surface area contributed by atoms with Gasteiger partial charge in [-0.05, 0) is 73.8 Å². The number of unbranched alkanes of at least 4 members (excludes halogenated alkanes) is 6. The minimum atomic E-state index is -0.140. The molecule has 29 heavy (non-hydrogen) atoms. The van der Waals surface area contributed by atoms with Gasteiger partial charge in [0.1, 0.15) is 5.75 Å². The van der Waals surface area contributed by atoms with Crippen LogP contribution >= 0.6 is 0 Å². The van der Waals surface area contributed by atoms with Gasteiger partial charge in [0.25, 0.3) is 0 Å². The number of aryl methyl sites for hydroxylation is 1. The van der Waals surface area contributed by atoms with Crippen LogP contribution in [0.15, 0.2) is 6.07 Å². The number of aromatic hydroxyl groups is 3. The molecule has 0 radical (unpaired) electrons. The first-order valence-electron chi connectivity index (χ1n) is 11.9. The second-order valence-corrected chi connectivity index (χ2v) is 10.9. The van der Waals surface area contributed by atoms with Gasteiger partial charge in [0.15, 0.2) is 11.5 Å². The van der Waals surface area contributed by atoms with E-state index in [1.807, 2.05) is 0 Å². The maximum Gasteiger partial charge on any atom is 0.164 e. The maximum atomic E-state index is 10.6. The van der Waals surface area contributed by atoms with Crippen molar-refractivity contribution in [1.82, 2.24) is 0 Å². The molecule has 0 aromatic heterocycles. The molecule has 0 saturated heterocycles. The Labute approximate surface area is 178 Å². The Bertz CT molecular complexity index is 638. The van der Waals surface area contributed by atoms with Crippen LogP contribution in [0.25, 0.3) is 0 Å². The molecule has 0 unspecified atom stereocenters. The fourth-order valence-corrected chi connectivity index (χ4v) is 4.18. The number of hydrogen-bond acceptors (Lipinski definition) is 3. The van der Waals surface area contributed by atoms with Gasteiger partial charge in [-0.25, -0.2) is 0 Å². The minimum Gasteiger partial charge on any atom is -0.507 e. The molecule has 3 heteroatoms. The Kier molecular flexibility index (Phi) is 8.73. The van der Waals surface area contributed by atoms with Crippen LogP contribution in [0.3, 0.4) is 0 Å². The monoisotopic (exact) mass is 404 g/mol. The summed E-state index contributed by atoms with van der Waals surface area (Å²) in [5.41, 5.74) is 2.32. The van der Waals surface area contributed by atoms with Crippen molar-refractivity contribution in [3.8, 4) is 17.2 Å². The first kappa shape index (κ1) is 23.9. The lowest BCUT2D eigenvalue weighted by atomic mass is 9.89. The van der Waals surface area contributed by atoms with E-state index in [1.165, 1.54) is 51.4 Å². The summed E-state index contributed by atoms with van der Waals surface area (Å²) in [6.45, 7) is 9.19. The predicted octanol–water partition coefficient (Wildman–Crippen LogP) is 7.64. The van der Waals surface area contributed by atoms with Gasteiger partial charge < -0.3 is 15.3 Å². The highest BCUT2D eigenvalue weighted by Crippen LogP contribution is 2.49. The lowest BCUT2D eigenvalue weighted by Crippen LogP contribution is -2.03. The third-order valence-corrected chi connectivity index (χ3v) is 6.61. The van der Waals surface area contributed by atoms with E-state index in [0.717, 1.165) is 37.7 Å². The summed E-state index contributed by atoms with van der Waals surface area (Å²) in [5, 5.41) is 31.0. The normalized spacial score (nSPS) is 15.6. The molecule has 1 aliphatic carbocycles. The van der Waals surface area contributed by atoms with E-state index in [-0.39, 0.29) is 17.2 Å². The number of rotatable bonds is 13. The molecule has 1 aromatic rings. The standard InChI is InChI=1S/C26H44O3/c1-25(2,3)15-11-7-6-10-14-21-23(28)20(19-22(27)24(21)29)13-9-5-8-12-16-26(4)17-18-26/h19,27-29H,5-18H2,1-4H3. The lowest BCUT2D eigenvalue weighted by Gasteiger charge is -2.17. The van der Waals surface area contributed by atoms with Gasteiger partial charge in [-0.15, -0.1) is 0 Å². The number of benzene rings is 1. The fraction of sp³-hybridized carbons (Fsp3) is 0.769. The molecule has 0 atom stereocenters. The Hall–Kier alpha value is -1.38. The van der Waals surface area contributed by atoms with Crippen molar-refractivity contribution in [3.05, 3.63) is 17.2 Å². The zero-order valence-electron chi connectivity index (χ0n) is 19.3. The highest BCUT2D eigenvalue weighted by atomic mass is 16.3. The van der Waals surface area contributed by atoms with E-state index in [4.69, 9.17) is 0 Å². The van der Waals surface area contributed by atoms with Crippen molar-refractivity contribution in [2.45, 2.75) is 118 Å². The van der Waals surface area contributed by atoms with Crippen molar-refractivity contribution in [1.29, 1.82) is 0 Å². The first-order chi connectivity index (χ1) is 13.6. The predicted molar refractivity (Wildman–Crippen MR) is 122 cm³/mol. The van der Waals surface area contributed by atoms with E-state index < -0.39 is 0 Å². The van der Waals surface area contributed by atoms with Gasteiger partial charge in [0.2, 0.25) is 0 Å². The summed E-state index contributed by atoms with van der Waals surface area (Å²) in [6, 6.07) is 1.54. The van der Waals surface area contributed by atoms with E-state index in [2.05, 4.69) is 27.7 Å². The van der Waals surface area contributed by atoms with E-state index >= 15 is 0 Å². The molecule has 2 rings (SSSR count). The Morgan fingerprint density at radius 1 is 0.793 bits per heavy atom. The lowest BCUT2D eigenvalue weighted by molar-refractivity contribution is 0.356. The molecule has 0 aliphatic heterocycles. The molecule has 166 valence electrons. The molecule has 0 amide bonds. The average molecular weight is 405 g/mol. The fourth-order valence-electron chi connectivity index (χ4n) is 4.18. The van der Waals surface area contributed by atoms with Crippen molar-refractivity contribution in [2.75, 3.05) is 0 Å². The molecule has 0 bridgehead atoms. The Morgan fingerprint density at radius 3 is 2.00 bits per heavy atom. The summed E-state index contributed by atoms with van der Waals surface area (Å²) < 4.78 is 0. The summed E-state index contributed by atoms with van der Waals surface area (Å²) in [4.78, 5) is 0. The van der Waals surface area contributed by atoms with Gasteiger partial charge in [-0.3, -0.25) is 0 Å². The third kappa shape index (κ3) is 8.48. The molecule has 3 N–H and O–H groups in total. The van der Waals surface area contributed by atoms with Gasteiger partial charge in [-0.2, -0.15) is 0 Å². The number of hydrogen-bond donors (Lipinski definition) is 3. The van der Waals surface area contributed by atoms with Crippen LogP contribution in [0, 0.1) is 10.8 Å². The summed E-state index contributed by atoms with van der Waals surface area (Å²) >= 11 is 0. The Morgan fingerprint density at radius 2 is 1.38 bits per heavy atom. The second kappa shape index (κ2) is 10.6. The van der Waals surface area contributed by atoms with Gasteiger partial charge in [0.05, 0.1) is 0 Å². The van der Waals surface area contributed by atoms with E-state index in [1.54, 1.807) is 6.07 Å². The molecule has 3 nitrogen and oxygen atoms in total. The van der Waals surface area contributed by atoms with E-state index in [9.17, 15) is 15.3 Å². The highest BCUT2D eigenvalue weighted by Gasteiger charge is 2.35. The van der Waals surface area contributed by atoms with Gasteiger partial charge >= 0.3 is 0 Å². The molecule has 1 aromatic carbocycles. The SMILES string of the molecule is CC(C)(C)CCCCCCc1c(O)c(O)cc(CCCCCCC2(C)CC2)c1O. The quantitative estimate of drug-likeness (QED) is 0.180. The van der Waals surface area contributed by atoms with Crippen molar-refractivity contribution >= 4 is 0 Å². The Balaban J connectivity index is 1.75. The van der Waals surface area contributed by atoms with Crippen LogP contribution in [-0.4, -0.2) is 15.3 Å². The zero-order chi connectivity index (χ0) is 21.5. The van der Waals surface area contributed by atoms with Crippen LogP contribution in [0.2, 0.25) is 0 Å². The van der Waals surface area contributed by atoms with Crippen LogP contribution in [-0.2, 0) is 12.8 Å². The molecular formula is C26H44O3. The molecule has 1 saturated carbocycles. The average Bonchev–Trinajstić information content (AvgIpc) is 3.37. The van der Waals surface area contributed by atoms with E-state index in [0.29, 0.717) is 22.8 Å². The summed E-state index contributed by atoms with van der Waals surface area (Å²) in [6.07, 6.45) is 15.8. The second-order valence-electron chi connectivity index (χ2n) is 10.9. The zero-order valence-corrected chi connectivity index (χ0v) is 19.3. The molecular weight excluding hydrogens is 360 g/mol. The largest absolute Gasteiger partial charge is 0.507 e. The molecule has 1 fully saturated rings. The number of phenols is 3. The van der Waals surface area contributed by atoms with Gasteiger partial charge in [-0.1, -0.05) is 66.2 Å². The van der Waals surface area contributed by atoms with Crippen molar-refractivity contribution < 1.29 is 15.3 Å². The minimum absolute atomic E-state index is 0.0952. The van der Waals surface area contributed by atoms with Crippen molar-refractivity contribution in [3.63, 3.8) is 0 Å². The third-order valence-electron chi connectivity index (χ3n) is 6.61. The van der Waals surface area contributed by atoms with Crippen LogP contribution < -0.4 is 0 Å². The number of phenolic OH excluding ortho intramolecular Hbond substituents is 3. The summed E-state index contributed by atoms with van der Waals surface area (Å²) in [7, 11) is 0. The first-order valence-corrected chi connectivity index (χ1v) is 11.9. The van der Waals surface area contributed by atoms with Gasteiger partial charge in [0, 0.05) is 5.56 Å². The summed E-state index contributed by atoms with van der Waals surface area (Å²) in [5.74, 6) is -0.0405. The van der Waals surface area contributed by atoms with Crippen LogP contribution in [0.4, 0.5) is 0 Å². The molecule has 0 spiro atoms. The molecule has 0 heterocycles. The highest BCUT2D eigenvalue weighted by molar-refractivity contribution is 5.56. The van der Waals surface area contributed by atoms with Crippen molar-refractivity contribution in [2.24, 2.45) is 10.8 Å². The van der Waals surface area contributed by atoms with Crippen LogP contribution in [0.5, 0.6) is 17.2 Å².